The highest BCUT2D eigenvalue weighted by molar-refractivity contribution is 6.63. The van der Waals surface area contributed by atoms with Crippen LogP contribution in [0.2, 0.25) is 5.28 Å². The van der Waals surface area contributed by atoms with Gasteiger partial charge in [0.1, 0.15) is 23.5 Å². The minimum absolute atomic E-state index is 0.123. The molecule has 0 radical (unpaired) electrons. The second kappa shape index (κ2) is 21.4. The van der Waals surface area contributed by atoms with E-state index in [0.29, 0.717) is 17.9 Å². The number of amides is 2. The second-order valence-electron chi connectivity index (χ2n) is 20.3. The zero-order chi connectivity index (χ0) is 50.7. The molecule has 0 N–H and O–H groups in total. The van der Waals surface area contributed by atoms with Crippen molar-refractivity contribution >= 4 is 59.0 Å². The Balaban J connectivity index is 0.000000138. The molecule has 5 aliphatic rings. The molecule has 1 saturated heterocycles. The first-order chi connectivity index (χ1) is 34.7. The van der Waals surface area contributed by atoms with E-state index in [1.165, 1.54) is 25.7 Å². The molecule has 2 amide bonds. The molecule has 2 aromatic carbocycles. The summed E-state index contributed by atoms with van der Waals surface area (Å²) >= 11 is 5.97. The molecule has 2 saturated carbocycles. The van der Waals surface area contributed by atoms with Gasteiger partial charge in [-0.2, -0.15) is 4.98 Å². The number of aromatic nitrogens is 6. The highest BCUT2D eigenvalue weighted by Gasteiger charge is 2.52. The third-order valence-corrected chi connectivity index (χ3v) is 15.6. The standard InChI is InChI=1S/C25H27N5O.C17H20BNO2.C14H19ClN4O/c1-3-21-25(31)29(2)22-16-27-23(28-24(22)30(21)18-11-7-8-12-18)19-13-14-26-15-20(19)17-9-5-4-6-10-17;1-16(2)17(3,4)21-18(20-16)15-10-11-19-12-14(15)13-8-6-5-7-9-13;1-3-10-13(20)18(2)11-8-16-14(15)17-12(11)19(10)9-6-4-5-7-9/h4-6,9-10,13-16,18,21H,3,7-8,11-12H2,1-2H3;5-12H,1-4H3;8-10H,3-7H2,1-2H3/t21-;;10-/m1.1/s1. The quantitative estimate of drug-likeness (QED) is 0.106. The van der Waals surface area contributed by atoms with Crippen molar-refractivity contribution in [1.29, 1.82) is 0 Å². The summed E-state index contributed by atoms with van der Waals surface area (Å²) in [6.45, 7) is 12.4. The van der Waals surface area contributed by atoms with Gasteiger partial charge in [0.25, 0.3) is 0 Å². The maximum absolute atomic E-state index is 13.1. The Hall–Kier alpha value is -6.29. The Kier molecular flexibility index (Phi) is 15.1. The lowest BCUT2D eigenvalue weighted by Crippen LogP contribution is -2.55. The summed E-state index contributed by atoms with van der Waals surface area (Å²) < 4.78 is 12.3. The van der Waals surface area contributed by atoms with Crippen molar-refractivity contribution in [2.75, 3.05) is 33.7 Å². The summed E-state index contributed by atoms with van der Waals surface area (Å²) in [5, 5.41) is 0.240. The molecule has 16 heteroatoms. The number of likely N-dealkylation sites (N-methyl/N-ethyl adjacent to an activating group) is 2. The molecular weight excluding hydrogens is 923 g/mol. The number of halogens is 1. The average molecular weight is 989 g/mol. The Bertz CT molecular complexity index is 2850. The predicted octanol–water partition coefficient (Wildman–Crippen LogP) is 10.4. The summed E-state index contributed by atoms with van der Waals surface area (Å²) in [4.78, 5) is 60.3. The van der Waals surface area contributed by atoms with E-state index in [1.54, 1.807) is 41.6 Å². The molecule has 0 unspecified atom stereocenters. The Labute approximate surface area is 429 Å². The minimum atomic E-state index is -0.367. The first kappa shape index (κ1) is 50.6. The normalized spacial score (nSPS) is 20.4. The van der Waals surface area contributed by atoms with E-state index < -0.39 is 0 Å². The van der Waals surface area contributed by atoms with Crippen LogP contribution in [0, 0.1) is 0 Å². The zero-order valence-corrected chi connectivity index (χ0v) is 43.6. The number of carbonyl (C=O) groups excluding carboxylic acids is 2. The van der Waals surface area contributed by atoms with Crippen molar-refractivity contribution in [2.45, 2.75) is 141 Å². The van der Waals surface area contributed by atoms with E-state index in [2.05, 4.69) is 93.6 Å². The fourth-order valence-electron chi connectivity index (χ4n) is 10.8. The first-order valence-corrected chi connectivity index (χ1v) is 26.0. The number of hydrogen-bond acceptors (Lipinski definition) is 12. The van der Waals surface area contributed by atoms with Crippen LogP contribution in [0.4, 0.5) is 23.0 Å². The van der Waals surface area contributed by atoms with Crippen LogP contribution in [0.1, 0.15) is 106 Å². The molecule has 3 fully saturated rings. The molecule has 0 bridgehead atoms. The Morgan fingerprint density at radius 1 is 0.597 bits per heavy atom. The van der Waals surface area contributed by atoms with Gasteiger partial charge in [0.05, 0.1) is 23.6 Å². The van der Waals surface area contributed by atoms with Crippen LogP contribution in [0.3, 0.4) is 0 Å². The fourth-order valence-corrected chi connectivity index (χ4v) is 10.9. The number of fused-ring (bicyclic) bond motifs is 2. The van der Waals surface area contributed by atoms with Gasteiger partial charge in [0, 0.05) is 62.1 Å². The van der Waals surface area contributed by atoms with Gasteiger partial charge >= 0.3 is 7.12 Å². The molecule has 14 nitrogen and oxygen atoms in total. The number of pyridine rings is 2. The smallest absolute Gasteiger partial charge is 0.399 e. The Morgan fingerprint density at radius 3 is 1.57 bits per heavy atom. The van der Waals surface area contributed by atoms with E-state index in [9.17, 15) is 9.59 Å². The van der Waals surface area contributed by atoms with Gasteiger partial charge in [0.2, 0.25) is 17.1 Å². The number of rotatable bonds is 8. The number of anilines is 4. The van der Waals surface area contributed by atoms with Crippen molar-refractivity contribution in [3.8, 4) is 33.6 Å². The largest absolute Gasteiger partial charge is 0.495 e. The van der Waals surface area contributed by atoms with Gasteiger partial charge in [-0.1, -0.05) is 100 Å². The van der Waals surface area contributed by atoms with Crippen LogP contribution in [-0.4, -0.2) is 98.3 Å². The van der Waals surface area contributed by atoms with Crippen LogP contribution >= 0.6 is 11.6 Å². The topological polar surface area (TPSA) is 143 Å². The molecule has 0 spiro atoms. The lowest BCUT2D eigenvalue weighted by molar-refractivity contribution is -0.120. The third kappa shape index (κ3) is 9.95. The van der Waals surface area contributed by atoms with Gasteiger partial charge in [-0.15, -0.1) is 0 Å². The van der Waals surface area contributed by atoms with Crippen LogP contribution < -0.4 is 25.1 Å². The van der Waals surface area contributed by atoms with E-state index >= 15 is 0 Å². The van der Waals surface area contributed by atoms with Gasteiger partial charge in [0.15, 0.2) is 17.5 Å². The van der Waals surface area contributed by atoms with Crippen molar-refractivity contribution < 1.29 is 18.9 Å². The van der Waals surface area contributed by atoms with Gasteiger partial charge in [-0.25, -0.2) is 15.0 Å². The molecule has 4 aromatic heterocycles. The molecule has 72 heavy (non-hydrogen) atoms. The molecular formula is C56H66BClN10O4. The summed E-state index contributed by atoms with van der Waals surface area (Å²) in [5.74, 6) is 2.61. The van der Waals surface area contributed by atoms with Crippen molar-refractivity contribution in [2.24, 2.45) is 0 Å². The van der Waals surface area contributed by atoms with E-state index in [0.717, 1.165) is 94.8 Å². The molecule has 374 valence electrons. The van der Waals surface area contributed by atoms with Crippen LogP contribution in [0.15, 0.2) is 110 Å². The van der Waals surface area contributed by atoms with E-state index in [1.807, 2.05) is 74.9 Å². The van der Waals surface area contributed by atoms with Gasteiger partial charge < -0.3 is 28.9 Å². The van der Waals surface area contributed by atoms with Gasteiger partial charge in [-0.05, 0) is 112 Å². The lowest BCUT2D eigenvalue weighted by Gasteiger charge is -2.43. The second-order valence-corrected chi connectivity index (χ2v) is 20.6. The maximum Gasteiger partial charge on any atom is 0.495 e. The molecule has 3 aliphatic heterocycles. The van der Waals surface area contributed by atoms with Crippen LogP contribution in [0.5, 0.6) is 0 Å². The van der Waals surface area contributed by atoms with Gasteiger partial charge in [-0.3, -0.25) is 19.6 Å². The highest BCUT2D eigenvalue weighted by atomic mass is 35.5. The van der Waals surface area contributed by atoms with Crippen molar-refractivity contribution in [3.05, 3.63) is 115 Å². The summed E-state index contributed by atoms with van der Waals surface area (Å²) in [6, 6.07) is 24.8. The fraction of sp³-hybridized carbons (Fsp3) is 0.429. The summed E-state index contributed by atoms with van der Waals surface area (Å²) in [7, 11) is 3.25. The molecule has 2 atom stereocenters. The lowest BCUT2D eigenvalue weighted by atomic mass is 9.75. The minimum Gasteiger partial charge on any atom is -0.399 e. The average Bonchev–Trinajstić information content (AvgIpc) is 4.19. The molecule has 6 aromatic rings. The SMILES string of the molecule is CC1(C)OB(c2ccncc2-c2ccccc2)OC1(C)C.CC[C@@H]1C(=O)N(C)c2cnc(-c3ccncc3-c3ccccc3)nc2N1C1CCCC1.CC[C@@H]1C(=O)N(C)c2cnc(Cl)nc2N1C1CCCC1. The molecule has 7 heterocycles. The van der Waals surface area contributed by atoms with E-state index in [-0.39, 0.29) is 47.5 Å². The monoisotopic (exact) mass is 989 g/mol. The first-order valence-electron chi connectivity index (χ1n) is 25.6. The van der Waals surface area contributed by atoms with Crippen molar-refractivity contribution in [1.82, 2.24) is 29.9 Å². The third-order valence-electron chi connectivity index (χ3n) is 15.4. The number of nitrogens with zero attached hydrogens (tertiary/aromatic N) is 10. The Morgan fingerprint density at radius 2 is 1.06 bits per heavy atom. The number of carbonyl (C=O) groups is 2. The summed E-state index contributed by atoms with van der Waals surface area (Å²) in [6.07, 6.45) is 21.6. The highest BCUT2D eigenvalue weighted by Crippen LogP contribution is 2.43. The zero-order valence-electron chi connectivity index (χ0n) is 42.8. The maximum atomic E-state index is 13.1. The number of hydrogen-bond donors (Lipinski definition) is 0. The van der Waals surface area contributed by atoms with Crippen LogP contribution in [0.25, 0.3) is 33.6 Å². The predicted molar refractivity (Wildman–Crippen MR) is 288 cm³/mol. The number of benzene rings is 2. The van der Waals surface area contributed by atoms with Crippen molar-refractivity contribution in [3.63, 3.8) is 0 Å². The molecule has 2 aliphatic carbocycles. The molecule has 11 rings (SSSR count). The summed E-state index contributed by atoms with van der Waals surface area (Å²) in [5.41, 5.74) is 7.10. The van der Waals surface area contributed by atoms with Crippen LogP contribution in [-0.2, 0) is 18.9 Å². The van der Waals surface area contributed by atoms with E-state index in [4.69, 9.17) is 25.9 Å².